The maximum absolute atomic E-state index is 12.5. The van der Waals surface area contributed by atoms with Crippen molar-refractivity contribution in [2.45, 2.75) is 72.1 Å². The van der Waals surface area contributed by atoms with Gasteiger partial charge in [-0.15, -0.1) is 0 Å². The number of carbonyl (C=O) groups is 1. The predicted octanol–water partition coefficient (Wildman–Crippen LogP) is 2.30. The van der Waals surface area contributed by atoms with E-state index < -0.39 is 0 Å². The molecule has 0 aromatic heterocycles. The predicted molar refractivity (Wildman–Crippen MR) is 84.6 cm³/mol. The number of hydrogen-bond donors (Lipinski definition) is 1. The summed E-state index contributed by atoms with van der Waals surface area (Å²) in [7, 11) is 2.15. The van der Waals surface area contributed by atoms with Crippen LogP contribution in [0.5, 0.6) is 0 Å². The maximum atomic E-state index is 12.5. The first-order valence-corrected chi connectivity index (χ1v) is 8.19. The highest BCUT2D eigenvalue weighted by atomic mass is 16.2. The first kappa shape index (κ1) is 17.4. The Morgan fingerprint density at radius 2 is 1.95 bits per heavy atom. The monoisotopic (exact) mass is 283 g/mol. The summed E-state index contributed by atoms with van der Waals surface area (Å²) in [5, 5.41) is 3.51. The number of carbonyl (C=O) groups excluding carboxylic acids is 1. The van der Waals surface area contributed by atoms with E-state index in [0.29, 0.717) is 17.9 Å². The van der Waals surface area contributed by atoms with Gasteiger partial charge in [-0.3, -0.25) is 10.1 Å². The summed E-state index contributed by atoms with van der Waals surface area (Å²) < 4.78 is 0. The number of hydrogen-bond acceptors (Lipinski definition) is 3. The molecule has 1 heterocycles. The lowest BCUT2D eigenvalue weighted by atomic mass is 9.99. The molecule has 1 aliphatic rings. The molecule has 0 saturated carbocycles. The molecule has 0 radical (unpaired) electrons. The number of rotatable bonds is 8. The Balaban J connectivity index is 2.52. The van der Waals surface area contributed by atoms with Crippen LogP contribution in [0.2, 0.25) is 0 Å². The molecule has 3 atom stereocenters. The smallest absolute Gasteiger partial charge is 0.241 e. The van der Waals surface area contributed by atoms with E-state index >= 15 is 0 Å². The number of amides is 1. The highest BCUT2D eigenvalue weighted by Crippen LogP contribution is 2.21. The Morgan fingerprint density at radius 3 is 2.45 bits per heavy atom. The largest absolute Gasteiger partial charge is 0.326 e. The fourth-order valence-electron chi connectivity index (χ4n) is 2.70. The van der Waals surface area contributed by atoms with E-state index in [1.807, 2.05) is 0 Å². The zero-order valence-electron chi connectivity index (χ0n) is 14.1. The van der Waals surface area contributed by atoms with Gasteiger partial charge in [-0.1, -0.05) is 27.2 Å². The highest BCUT2D eigenvalue weighted by Gasteiger charge is 2.39. The van der Waals surface area contributed by atoms with Crippen molar-refractivity contribution in [3.05, 3.63) is 0 Å². The average molecular weight is 283 g/mol. The van der Waals surface area contributed by atoms with Crippen LogP contribution in [0.25, 0.3) is 0 Å². The summed E-state index contributed by atoms with van der Waals surface area (Å²) in [6.07, 6.45) is 3.31. The van der Waals surface area contributed by atoms with Gasteiger partial charge in [-0.2, -0.15) is 0 Å². The summed E-state index contributed by atoms with van der Waals surface area (Å²) in [4.78, 5) is 16.9. The Morgan fingerprint density at radius 1 is 1.30 bits per heavy atom. The van der Waals surface area contributed by atoms with E-state index in [0.717, 1.165) is 32.4 Å². The third-order valence-corrected chi connectivity index (χ3v) is 4.69. The van der Waals surface area contributed by atoms with Crippen molar-refractivity contribution in [3.8, 4) is 0 Å². The Labute approximate surface area is 124 Å². The van der Waals surface area contributed by atoms with Crippen LogP contribution >= 0.6 is 0 Å². The molecule has 0 aromatic carbocycles. The van der Waals surface area contributed by atoms with E-state index in [2.05, 4.69) is 56.8 Å². The maximum Gasteiger partial charge on any atom is 0.241 e. The van der Waals surface area contributed by atoms with Gasteiger partial charge in [0.2, 0.25) is 5.91 Å². The molecule has 1 N–H and O–H groups in total. The molecular formula is C16H33N3O. The van der Waals surface area contributed by atoms with Gasteiger partial charge in [0, 0.05) is 12.6 Å². The van der Waals surface area contributed by atoms with E-state index in [9.17, 15) is 4.79 Å². The van der Waals surface area contributed by atoms with Crippen LogP contribution in [0, 0.1) is 5.92 Å². The molecule has 0 aromatic rings. The van der Waals surface area contributed by atoms with Crippen LogP contribution in [0.1, 0.15) is 53.9 Å². The van der Waals surface area contributed by atoms with Gasteiger partial charge in [-0.05, 0) is 46.2 Å². The summed E-state index contributed by atoms with van der Waals surface area (Å²) in [6, 6.07) is 0.588. The van der Waals surface area contributed by atoms with Crippen molar-refractivity contribution < 1.29 is 4.79 Å². The molecule has 0 spiro atoms. The van der Waals surface area contributed by atoms with Gasteiger partial charge in [0.05, 0.1) is 12.2 Å². The Kier molecular flexibility index (Phi) is 6.96. The topological polar surface area (TPSA) is 35.6 Å². The van der Waals surface area contributed by atoms with Crippen LogP contribution in [0.4, 0.5) is 0 Å². The molecule has 20 heavy (non-hydrogen) atoms. The molecule has 1 fully saturated rings. The van der Waals surface area contributed by atoms with Gasteiger partial charge >= 0.3 is 0 Å². The molecule has 3 unspecified atom stereocenters. The molecule has 0 bridgehead atoms. The second-order valence-corrected chi connectivity index (χ2v) is 6.41. The highest BCUT2D eigenvalue weighted by molar-refractivity contribution is 5.84. The Bertz CT molecular complexity index is 306. The van der Waals surface area contributed by atoms with Crippen molar-refractivity contribution in [2.75, 3.05) is 20.1 Å². The van der Waals surface area contributed by atoms with E-state index in [-0.39, 0.29) is 12.2 Å². The fourth-order valence-corrected chi connectivity index (χ4v) is 2.70. The summed E-state index contributed by atoms with van der Waals surface area (Å²) >= 11 is 0. The van der Waals surface area contributed by atoms with Crippen LogP contribution in [-0.2, 0) is 4.79 Å². The zero-order chi connectivity index (χ0) is 15.3. The minimum Gasteiger partial charge on any atom is -0.326 e. The lowest BCUT2D eigenvalue weighted by molar-refractivity contribution is -0.131. The van der Waals surface area contributed by atoms with Gasteiger partial charge in [0.25, 0.3) is 0 Å². The summed E-state index contributed by atoms with van der Waals surface area (Å²) in [6.45, 7) is 12.8. The van der Waals surface area contributed by atoms with Gasteiger partial charge < -0.3 is 9.80 Å². The molecule has 1 amide bonds. The van der Waals surface area contributed by atoms with Crippen LogP contribution in [0.15, 0.2) is 0 Å². The lowest BCUT2D eigenvalue weighted by Crippen LogP contribution is -2.39. The van der Waals surface area contributed by atoms with Crippen LogP contribution < -0.4 is 5.32 Å². The summed E-state index contributed by atoms with van der Waals surface area (Å²) in [5.41, 5.74) is 0. The molecule has 4 nitrogen and oxygen atoms in total. The van der Waals surface area contributed by atoms with Crippen molar-refractivity contribution in [3.63, 3.8) is 0 Å². The number of nitrogens with one attached hydrogen (secondary N) is 1. The summed E-state index contributed by atoms with van der Waals surface area (Å²) in [5.74, 6) is 0.721. The molecule has 1 rings (SSSR count). The number of nitrogens with zero attached hydrogens (tertiary/aromatic N) is 2. The normalized spacial score (nSPS) is 25.0. The van der Waals surface area contributed by atoms with Crippen molar-refractivity contribution in [2.24, 2.45) is 5.92 Å². The Hall–Kier alpha value is -0.610. The molecule has 4 heteroatoms. The second kappa shape index (κ2) is 7.99. The minimum atomic E-state index is 0.0211. The standard InChI is InChI=1S/C16H33N3O/c1-7-13(5)15-16(20)19(14(8-2)17-15)11-9-10-18(6)12(3)4/h12-15,17H,7-11H2,1-6H3. The van der Waals surface area contributed by atoms with E-state index in [1.54, 1.807) is 0 Å². The average Bonchev–Trinajstić information content (AvgIpc) is 2.74. The van der Waals surface area contributed by atoms with Crippen molar-refractivity contribution in [1.82, 2.24) is 15.1 Å². The third kappa shape index (κ3) is 4.19. The fraction of sp³-hybridized carbons (Fsp3) is 0.938. The van der Waals surface area contributed by atoms with E-state index in [1.165, 1.54) is 0 Å². The second-order valence-electron chi connectivity index (χ2n) is 6.41. The van der Waals surface area contributed by atoms with Crippen molar-refractivity contribution >= 4 is 5.91 Å². The quantitative estimate of drug-likeness (QED) is 0.742. The first-order chi connectivity index (χ1) is 9.42. The SMILES string of the molecule is CCC(C)C1NC(CC)N(CCCN(C)C(C)C)C1=O. The van der Waals surface area contributed by atoms with E-state index in [4.69, 9.17) is 0 Å². The van der Waals surface area contributed by atoms with Crippen LogP contribution in [-0.4, -0.2) is 54.1 Å². The molecular weight excluding hydrogens is 250 g/mol. The minimum absolute atomic E-state index is 0.0211. The lowest BCUT2D eigenvalue weighted by Gasteiger charge is -2.26. The van der Waals surface area contributed by atoms with Gasteiger partial charge in [0.15, 0.2) is 0 Å². The molecule has 0 aliphatic carbocycles. The van der Waals surface area contributed by atoms with Gasteiger partial charge in [-0.25, -0.2) is 0 Å². The van der Waals surface area contributed by atoms with Gasteiger partial charge in [0.1, 0.15) is 0 Å². The van der Waals surface area contributed by atoms with Crippen LogP contribution in [0.3, 0.4) is 0 Å². The zero-order valence-corrected chi connectivity index (χ0v) is 14.1. The molecule has 118 valence electrons. The third-order valence-electron chi connectivity index (χ3n) is 4.69. The van der Waals surface area contributed by atoms with Crippen molar-refractivity contribution in [1.29, 1.82) is 0 Å². The molecule has 1 saturated heterocycles. The first-order valence-electron chi connectivity index (χ1n) is 8.19. The molecule has 1 aliphatic heterocycles.